The Balaban J connectivity index is 0.000000126. The van der Waals surface area contributed by atoms with Crippen molar-refractivity contribution in [1.29, 1.82) is 0 Å². The number of pyridine rings is 3. The van der Waals surface area contributed by atoms with E-state index in [4.69, 9.17) is 18.9 Å². The average molecular weight is 1810 g/mol. The number of halogens is 13. The monoisotopic (exact) mass is 1810 g/mol. The van der Waals surface area contributed by atoms with Crippen LogP contribution in [0.5, 0.6) is 0 Å². The molecular formula is C86H83F13N18O12. The molecule has 12 aromatic rings. The van der Waals surface area contributed by atoms with Crippen LogP contribution in [-0.2, 0) is 65.7 Å². The van der Waals surface area contributed by atoms with Crippen LogP contribution in [0.3, 0.4) is 0 Å². The molecule has 4 aliphatic heterocycles. The number of aromatic nitrogens is 15. The number of ketones is 1. The first-order valence-corrected chi connectivity index (χ1v) is 41.1. The lowest BCUT2D eigenvalue weighted by Crippen LogP contribution is -2.65. The fraction of sp³-hybridized carbons (Fsp3) is 0.430. The maximum absolute atomic E-state index is 15.1. The van der Waals surface area contributed by atoms with Gasteiger partial charge in [0.2, 0.25) is 0 Å². The Kier molecular flexibility index (Phi) is 24.4. The lowest BCUT2D eigenvalue weighted by Gasteiger charge is -2.49. The Bertz CT molecular complexity index is 6200. The second-order valence-electron chi connectivity index (χ2n) is 33.4. The van der Waals surface area contributed by atoms with Crippen molar-refractivity contribution in [1.82, 2.24) is 89.3 Å². The molecule has 19 rings (SSSR count). The number of Topliss-reactive ketones (excluding diaryl/α,β-unsaturated/α-hetero) is 1. The van der Waals surface area contributed by atoms with Gasteiger partial charge >= 0.3 is 24.7 Å². The van der Waals surface area contributed by atoms with Gasteiger partial charge in [-0.15, -0.1) is 0 Å². The lowest BCUT2D eigenvalue weighted by atomic mass is 9.69. The summed E-state index contributed by atoms with van der Waals surface area (Å²) >= 11 is 0. The van der Waals surface area contributed by atoms with Gasteiger partial charge in [-0.25, -0.2) is 42.4 Å². The van der Waals surface area contributed by atoms with E-state index >= 15 is 4.39 Å². The Morgan fingerprint density at radius 3 is 1.28 bits per heavy atom. The highest BCUT2D eigenvalue weighted by Crippen LogP contribution is 2.48. The number of rotatable bonds is 16. The summed E-state index contributed by atoms with van der Waals surface area (Å²) in [5.41, 5.74) is -4.39. The molecule has 0 spiro atoms. The number of hydrogen-bond donors (Lipinski definition) is 7. The molecule has 8 unspecified atom stereocenters. The molecule has 8 atom stereocenters. The highest BCUT2D eigenvalue weighted by atomic mass is 19.4. The molecule has 30 nitrogen and oxygen atoms in total. The number of alkyl halides is 12. The van der Waals surface area contributed by atoms with Crippen LogP contribution in [0.4, 0.5) is 57.1 Å². The van der Waals surface area contributed by atoms with Crippen molar-refractivity contribution in [3.8, 4) is 0 Å². The number of hydrogen-bond acceptors (Lipinski definition) is 23. The smallest absolute Gasteiger partial charge is 0.390 e. The van der Waals surface area contributed by atoms with Crippen LogP contribution in [0.1, 0.15) is 210 Å². The van der Waals surface area contributed by atoms with Gasteiger partial charge in [0.15, 0.2) is 28.4 Å². The largest absolute Gasteiger partial charge is 0.433 e. The van der Waals surface area contributed by atoms with Crippen LogP contribution in [0.25, 0.3) is 22.6 Å². The summed E-state index contributed by atoms with van der Waals surface area (Å²) in [5.74, 6) is -1.89. The Labute approximate surface area is 723 Å². The summed E-state index contributed by atoms with van der Waals surface area (Å²) in [7, 11) is 0. The van der Waals surface area contributed by atoms with Crippen molar-refractivity contribution >= 4 is 46.1 Å². The molecule has 0 radical (unpaired) electrons. The fourth-order valence-corrected chi connectivity index (χ4v) is 16.8. The third-order valence-corrected chi connectivity index (χ3v) is 24.6. The number of nitrogens with zero attached hydrogens (tertiary/aromatic N) is 15. The van der Waals surface area contributed by atoms with Gasteiger partial charge in [0.25, 0.3) is 17.7 Å². The number of nitrogens with one attached hydrogen (secondary N) is 3. The predicted octanol–water partition coefficient (Wildman–Crippen LogP) is 11.5. The SMILES string of the molecule is CC1(O)COCCC1(NC(=O)c1cnn2cc(C3CC3)cnc12)c1ccc(C(F)(F)F)cc1F.Cc1cnc2c(C(=O)NC3(c4ccc(C(F)(F)F)nc4)CCOCC3O)cnn2c1.Cc1nn2cc(C3CC3)cnc2c1C(=O)CC1(c2ccc(C(F)(F)F)nc2)CCOCC1O.O=C(NC1(c2ccc(C(F)(F)F)nc2)CCOCC1O)c1cnn2cc(C3CC3)cnc12. The molecular weight excluding hydrogens is 1720 g/mol. The minimum atomic E-state index is -4.74. The van der Waals surface area contributed by atoms with Gasteiger partial charge in [-0.3, -0.25) is 34.1 Å². The molecule has 680 valence electrons. The first-order valence-electron chi connectivity index (χ1n) is 41.1. The van der Waals surface area contributed by atoms with Crippen LogP contribution < -0.4 is 16.0 Å². The summed E-state index contributed by atoms with van der Waals surface area (Å²) < 4.78 is 198. The summed E-state index contributed by atoms with van der Waals surface area (Å²) in [5, 5.41) is 68.8. The maximum atomic E-state index is 15.1. The van der Waals surface area contributed by atoms with E-state index in [-0.39, 0.29) is 130 Å². The summed E-state index contributed by atoms with van der Waals surface area (Å²) in [4.78, 5) is 81.2. The standard InChI is InChI=1S/C23H22F4N4O3.C23H23F3N4O3.C21H20F3N5O3.C19H18F3N5O3/c1-21(33)12-34-7-6-22(21,17-5-4-15(8-18(17)24)23(25,26)27)30-20(32)16-10-29-31-11-14(13-2-3-13)9-28-19(16)31;1-13-20(21-28-9-15(14-2-3-14)11-30(21)29-13)17(31)8-22(6-7-33-12-19(22)32)16-4-5-18(27-10-16)23(24,25)26;22-21(23,24)16-4-3-14(8-25-16)20(5-6-32-11-17(20)30)28-19(31)15-9-27-29-10-13(12-1-2-12)7-26-18(15)29;1-11-6-24-16-13(8-25-27(16)9-11)17(29)26-18(4-5-30-10-15(18)28)12-2-3-14(23-7-12)19(20,21)22/h4-5,8-11,13,33H,2-3,6-7,12H2,1H3,(H,30,32);4-5,9-11,14,19,32H,2-3,6-8,12H2,1H3;3-4,7-10,12,17,30H,1-2,5-6,11H2,(H,28,31);2-3,6-9,15,28H,4-5,10H2,1H3,(H,26,29). The van der Waals surface area contributed by atoms with E-state index in [1.54, 1.807) is 48.6 Å². The zero-order valence-corrected chi connectivity index (χ0v) is 68.9. The number of ether oxygens (including phenoxy) is 4. The number of aliphatic hydroxyl groups is 4. The second kappa shape index (κ2) is 34.8. The van der Waals surface area contributed by atoms with Gasteiger partial charge in [0.05, 0.1) is 79.0 Å². The van der Waals surface area contributed by atoms with E-state index < -0.39 is 117 Å². The van der Waals surface area contributed by atoms with E-state index in [2.05, 4.69) is 71.2 Å². The maximum Gasteiger partial charge on any atom is 0.433 e. The Morgan fingerprint density at radius 1 is 0.457 bits per heavy atom. The van der Waals surface area contributed by atoms with Crippen molar-refractivity contribution in [2.45, 2.75) is 180 Å². The second-order valence-corrected chi connectivity index (χ2v) is 33.4. The highest BCUT2D eigenvalue weighted by molar-refractivity contribution is 6.04. The molecule has 129 heavy (non-hydrogen) atoms. The molecule has 3 aliphatic carbocycles. The van der Waals surface area contributed by atoms with Gasteiger partial charge in [0.1, 0.15) is 62.9 Å². The van der Waals surface area contributed by atoms with Crippen LogP contribution >= 0.6 is 0 Å². The van der Waals surface area contributed by atoms with Crippen LogP contribution in [0.2, 0.25) is 0 Å². The average Bonchev–Trinajstić information content (AvgIpc) is 1.68. The first-order chi connectivity index (χ1) is 61.2. The van der Waals surface area contributed by atoms with Crippen LogP contribution in [0.15, 0.2) is 141 Å². The summed E-state index contributed by atoms with van der Waals surface area (Å²) in [6.45, 7) is 5.17. The fourth-order valence-electron chi connectivity index (χ4n) is 16.8. The van der Waals surface area contributed by atoms with Gasteiger partial charge in [-0.05, 0) is 153 Å². The molecule has 1 aromatic carbocycles. The molecule has 43 heteroatoms. The summed E-state index contributed by atoms with van der Waals surface area (Å²) in [6.07, 6.45) is 6.23. The van der Waals surface area contributed by atoms with Crippen molar-refractivity contribution in [3.05, 3.63) is 242 Å². The zero-order chi connectivity index (χ0) is 91.7. The number of fused-ring (bicyclic) bond motifs is 4. The molecule has 0 bridgehead atoms. The molecule has 11 aromatic heterocycles. The first kappa shape index (κ1) is 90.4. The van der Waals surface area contributed by atoms with Gasteiger partial charge in [0, 0.05) is 131 Å². The van der Waals surface area contributed by atoms with Gasteiger partial charge in [-0.2, -0.15) is 73.1 Å². The molecule has 7 N–H and O–H groups in total. The number of benzene rings is 1. The van der Waals surface area contributed by atoms with Gasteiger partial charge < -0.3 is 55.3 Å². The number of carbonyl (C=O) groups is 4. The van der Waals surface area contributed by atoms with Crippen molar-refractivity contribution in [2.75, 3.05) is 52.9 Å². The highest BCUT2D eigenvalue weighted by Gasteiger charge is 2.55. The molecule has 15 heterocycles. The summed E-state index contributed by atoms with van der Waals surface area (Å²) in [6, 6.07) is 8.32. The number of carbonyl (C=O) groups excluding carboxylic acids is 4. The minimum absolute atomic E-state index is 0.0228. The quantitative estimate of drug-likeness (QED) is 0.0349. The minimum Gasteiger partial charge on any atom is -0.390 e. The molecule has 7 fully saturated rings. The lowest BCUT2D eigenvalue weighted by molar-refractivity contribution is -0.142. The Hall–Kier alpha value is -12.0. The molecule has 4 saturated heterocycles. The predicted molar refractivity (Wildman–Crippen MR) is 425 cm³/mol. The van der Waals surface area contributed by atoms with E-state index in [9.17, 15) is 92.3 Å². The van der Waals surface area contributed by atoms with Crippen molar-refractivity contribution in [3.63, 3.8) is 0 Å². The number of amides is 3. The third-order valence-electron chi connectivity index (χ3n) is 24.6. The topological polar surface area (TPSA) is 382 Å². The molecule has 3 saturated carbocycles. The van der Waals surface area contributed by atoms with Crippen LogP contribution in [-0.4, -0.2) is 194 Å². The number of aryl methyl sites for hydroxylation is 2. The van der Waals surface area contributed by atoms with E-state index in [1.165, 1.54) is 57.3 Å². The van der Waals surface area contributed by atoms with E-state index in [1.807, 2.05) is 19.3 Å². The number of aliphatic hydroxyl groups excluding tert-OH is 3. The molecule has 3 amide bonds. The van der Waals surface area contributed by atoms with Crippen LogP contribution in [0, 0.1) is 19.7 Å². The van der Waals surface area contributed by atoms with Crippen molar-refractivity contribution in [2.24, 2.45) is 0 Å². The van der Waals surface area contributed by atoms with Crippen molar-refractivity contribution < 1.29 is 116 Å². The normalized spacial score (nSPS) is 23.9. The Morgan fingerprint density at radius 2 is 0.868 bits per heavy atom. The molecule has 7 aliphatic rings. The zero-order valence-electron chi connectivity index (χ0n) is 68.9. The van der Waals surface area contributed by atoms with E-state index in [0.717, 1.165) is 110 Å². The van der Waals surface area contributed by atoms with Gasteiger partial charge in [-0.1, -0.05) is 24.3 Å². The van der Waals surface area contributed by atoms with E-state index in [0.29, 0.717) is 57.6 Å². The third kappa shape index (κ3) is 18.3.